The molecule has 0 unspecified atom stereocenters. The Hall–Kier alpha value is -2.56. The Morgan fingerprint density at radius 1 is 1.16 bits per heavy atom. The summed E-state index contributed by atoms with van der Waals surface area (Å²) in [7, 11) is 0. The number of furan rings is 1. The normalized spacial score (nSPS) is 10.8. The number of anilines is 1. The molecule has 2 N–H and O–H groups in total. The molecular weight excluding hydrogens is 247 g/mol. The molecule has 3 rings (SSSR count). The molecule has 0 atom stereocenters. The average Bonchev–Trinajstić information content (AvgIpc) is 2.96. The Morgan fingerprint density at radius 2 is 1.95 bits per heavy atom. The molecule has 0 saturated carbocycles. The van der Waals surface area contributed by atoms with Crippen LogP contribution in [0.2, 0.25) is 0 Å². The molecule has 0 fully saturated rings. The standard InChI is InChI=1S/C14H11FN2O2/c1-8-9(6-7-18-8)13-12(14(16)17-19-13)10-4-2-3-5-11(10)15/h2-7H,1H3,(H2,16,17). The second kappa shape index (κ2) is 4.28. The van der Waals surface area contributed by atoms with Gasteiger partial charge < -0.3 is 14.7 Å². The Labute approximate surface area is 108 Å². The van der Waals surface area contributed by atoms with Crippen LogP contribution < -0.4 is 5.73 Å². The molecule has 3 aromatic rings. The highest BCUT2D eigenvalue weighted by Gasteiger charge is 2.22. The lowest BCUT2D eigenvalue weighted by atomic mass is 10.0. The minimum Gasteiger partial charge on any atom is -0.469 e. The molecule has 0 radical (unpaired) electrons. The van der Waals surface area contributed by atoms with Gasteiger partial charge in [0, 0.05) is 5.56 Å². The highest BCUT2D eigenvalue weighted by Crippen LogP contribution is 2.39. The van der Waals surface area contributed by atoms with E-state index >= 15 is 0 Å². The second-order valence-electron chi connectivity index (χ2n) is 4.14. The topological polar surface area (TPSA) is 65.2 Å². The number of aryl methyl sites for hydroxylation is 1. The van der Waals surface area contributed by atoms with Crippen LogP contribution in [0.5, 0.6) is 0 Å². The van der Waals surface area contributed by atoms with Gasteiger partial charge in [-0.1, -0.05) is 23.4 Å². The van der Waals surface area contributed by atoms with Gasteiger partial charge in [0.1, 0.15) is 11.6 Å². The molecule has 0 spiro atoms. The van der Waals surface area contributed by atoms with Crippen LogP contribution in [0.4, 0.5) is 10.2 Å². The molecule has 5 heteroatoms. The summed E-state index contributed by atoms with van der Waals surface area (Å²) < 4.78 is 24.4. The van der Waals surface area contributed by atoms with Crippen molar-refractivity contribution in [3.63, 3.8) is 0 Å². The van der Waals surface area contributed by atoms with E-state index in [4.69, 9.17) is 14.7 Å². The maximum absolute atomic E-state index is 13.9. The zero-order valence-corrected chi connectivity index (χ0v) is 10.2. The summed E-state index contributed by atoms with van der Waals surface area (Å²) in [6.45, 7) is 1.79. The number of halogens is 1. The summed E-state index contributed by atoms with van der Waals surface area (Å²) in [5.74, 6) is 0.850. The van der Waals surface area contributed by atoms with Gasteiger partial charge in [-0.05, 0) is 19.1 Å². The van der Waals surface area contributed by atoms with Gasteiger partial charge in [0.2, 0.25) is 0 Å². The molecule has 4 nitrogen and oxygen atoms in total. The van der Waals surface area contributed by atoms with Gasteiger partial charge in [-0.15, -0.1) is 0 Å². The quantitative estimate of drug-likeness (QED) is 0.762. The fourth-order valence-corrected chi connectivity index (χ4v) is 2.03. The van der Waals surface area contributed by atoms with E-state index in [0.29, 0.717) is 28.2 Å². The minimum absolute atomic E-state index is 0.153. The van der Waals surface area contributed by atoms with Crippen molar-refractivity contribution in [2.45, 2.75) is 6.92 Å². The fraction of sp³-hybridized carbons (Fsp3) is 0.0714. The molecule has 0 aliphatic rings. The van der Waals surface area contributed by atoms with Gasteiger partial charge in [-0.2, -0.15) is 0 Å². The van der Waals surface area contributed by atoms with Crippen LogP contribution in [-0.4, -0.2) is 5.16 Å². The summed E-state index contributed by atoms with van der Waals surface area (Å²) in [6, 6.07) is 8.09. The zero-order valence-electron chi connectivity index (χ0n) is 10.2. The fourth-order valence-electron chi connectivity index (χ4n) is 2.03. The largest absolute Gasteiger partial charge is 0.469 e. The third-order valence-electron chi connectivity index (χ3n) is 2.97. The van der Waals surface area contributed by atoms with Crippen LogP contribution in [0.3, 0.4) is 0 Å². The van der Waals surface area contributed by atoms with Gasteiger partial charge in [-0.25, -0.2) is 4.39 Å². The van der Waals surface area contributed by atoms with Crippen molar-refractivity contribution in [3.05, 3.63) is 48.2 Å². The average molecular weight is 258 g/mol. The Morgan fingerprint density at radius 3 is 2.63 bits per heavy atom. The van der Waals surface area contributed by atoms with Crippen LogP contribution in [0.15, 0.2) is 45.5 Å². The van der Waals surface area contributed by atoms with Crippen molar-refractivity contribution in [3.8, 4) is 22.5 Å². The van der Waals surface area contributed by atoms with E-state index in [1.165, 1.54) is 12.3 Å². The SMILES string of the molecule is Cc1occc1-c1onc(N)c1-c1ccccc1F. The van der Waals surface area contributed by atoms with Crippen LogP contribution in [0.1, 0.15) is 5.76 Å². The molecule has 0 bridgehead atoms. The van der Waals surface area contributed by atoms with E-state index in [-0.39, 0.29) is 11.6 Å². The predicted molar refractivity (Wildman–Crippen MR) is 68.7 cm³/mol. The summed E-state index contributed by atoms with van der Waals surface area (Å²) in [5, 5.41) is 3.73. The highest BCUT2D eigenvalue weighted by atomic mass is 19.1. The number of benzene rings is 1. The van der Waals surface area contributed by atoms with E-state index in [9.17, 15) is 4.39 Å². The number of rotatable bonds is 2. The number of hydrogen-bond acceptors (Lipinski definition) is 4. The van der Waals surface area contributed by atoms with Crippen LogP contribution in [0, 0.1) is 12.7 Å². The molecule has 1 aromatic carbocycles. The Bertz CT molecular complexity index is 731. The van der Waals surface area contributed by atoms with Crippen molar-refractivity contribution < 1.29 is 13.3 Å². The summed E-state index contributed by atoms with van der Waals surface area (Å²) in [4.78, 5) is 0. The van der Waals surface area contributed by atoms with E-state index in [1.807, 2.05) is 0 Å². The van der Waals surface area contributed by atoms with Crippen molar-refractivity contribution in [1.82, 2.24) is 5.16 Å². The molecule has 2 aromatic heterocycles. The first-order chi connectivity index (χ1) is 9.18. The number of nitrogens with two attached hydrogens (primary N) is 1. The molecule has 0 aliphatic carbocycles. The minimum atomic E-state index is -0.375. The smallest absolute Gasteiger partial charge is 0.180 e. The van der Waals surface area contributed by atoms with Gasteiger partial charge in [0.25, 0.3) is 0 Å². The maximum Gasteiger partial charge on any atom is 0.180 e. The molecule has 0 amide bonds. The Balaban J connectivity index is 2.26. The predicted octanol–water partition coefficient (Wildman–Crippen LogP) is 3.63. The van der Waals surface area contributed by atoms with Gasteiger partial charge in [0.05, 0.1) is 17.4 Å². The maximum atomic E-state index is 13.9. The van der Waals surface area contributed by atoms with Gasteiger partial charge in [0.15, 0.2) is 11.6 Å². The van der Waals surface area contributed by atoms with E-state index in [1.54, 1.807) is 31.2 Å². The van der Waals surface area contributed by atoms with E-state index in [0.717, 1.165) is 0 Å². The van der Waals surface area contributed by atoms with E-state index < -0.39 is 0 Å². The summed E-state index contributed by atoms with van der Waals surface area (Å²) in [6.07, 6.45) is 1.54. The molecule has 19 heavy (non-hydrogen) atoms. The van der Waals surface area contributed by atoms with Crippen LogP contribution in [0.25, 0.3) is 22.5 Å². The van der Waals surface area contributed by atoms with Gasteiger partial charge in [-0.3, -0.25) is 0 Å². The lowest BCUT2D eigenvalue weighted by Crippen LogP contribution is -1.91. The number of nitrogens with zero attached hydrogens (tertiary/aromatic N) is 1. The Kier molecular flexibility index (Phi) is 2.59. The number of hydrogen-bond donors (Lipinski definition) is 1. The van der Waals surface area contributed by atoms with E-state index in [2.05, 4.69) is 5.16 Å². The first kappa shape index (κ1) is 11.5. The van der Waals surface area contributed by atoms with Crippen molar-refractivity contribution in [2.24, 2.45) is 0 Å². The molecule has 2 heterocycles. The summed E-state index contributed by atoms with van der Waals surface area (Å²) >= 11 is 0. The molecule has 0 saturated heterocycles. The third-order valence-corrected chi connectivity index (χ3v) is 2.97. The number of nitrogen functional groups attached to an aromatic ring is 1. The third kappa shape index (κ3) is 1.79. The van der Waals surface area contributed by atoms with Crippen molar-refractivity contribution in [2.75, 3.05) is 5.73 Å². The van der Waals surface area contributed by atoms with Gasteiger partial charge >= 0.3 is 0 Å². The summed E-state index contributed by atoms with van der Waals surface area (Å²) in [5.41, 5.74) is 7.31. The lowest BCUT2D eigenvalue weighted by molar-refractivity contribution is 0.434. The number of aromatic nitrogens is 1. The van der Waals surface area contributed by atoms with Crippen molar-refractivity contribution in [1.29, 1.82) is 0 Å². The highest BCUT2D eigenvalue weighted by molar-refractivity contribution is 5.87. The second-order valence-corrected chi connectivity index (χ2v) is 4.14. The van der Waals surface area contributed by atoms with Crippen LogP contribution >= 0.6 is 0 Å². The molecular formula is C14H11FN2O2. The van der Waals surface area contributed by atoms with Crippen molar-refractivity contribution >= 4 is 5.82 Å². The molecule has 0 aliphatic heterocycles. The lowest BCUT2D eigenvalue weighted by Gasteiger charge is -2.03. The monoisotopic (exact) mass is 258 g/mol. The van der Waals surface area contributed by atoms with Crippen LogP contribution in [-0.2, 0) is 0 Å². The zero-order chi connectivity index (χ0) is 13.4. The first-order valence-corrected chi connectivity index (χ1v) is 5.73. The first-order valence-electron chi connectivity index (χ1n) is 5.73. The molecule has 96 valence electrons.